The SMILES string of the molecule is O=C(O)c1c[c]c(-c2ccc([N+](=O)[O-])cc2)c(C(=O)O)c1[N+](=O)[O-]. The summed E-state index contributed by atoms with van der Waals surface area (Å²) < 4.78 is 0. The number of nitro groups is 2. The van der Waals surface area contributed by atoms with E-state index in [0.29, 0.717) is 0 Å². The van der Waals surface area contributed by atoms with Gasteiger partial charge in [0, 0.05) is 17.7 Å². The molecular formula is C14H7N2O8. The molecule has 0 heterocycles. The minimum Gasteiger partial charge on any atom is -0.477 e. The van der Waals surface area contributed by atoms with Crippen LogP contribution in [0.4, 0.5) is 11.4 Å². The lowest BCUT2D eigenvalue weighted by molar-refractivity contribution is -0.385. The molecule has 0 saturated heterocycles. The lowest BCUT2D eigenvalue weighted by Gasteiger charge is -2.08. The second kappa shape index (κ2) is 6.12. The summed E-state index contributed by atoms with van der Waals surface area (Å²) in [7, 11) is 0. The summed E-state index contributed by atoms with van der Waals surface area (Å²) in [6.07, 6.45) is 0. The topological polar surface area (TPSA) is 161 Å². The number of hydrogen-bond acceptors (Lipinski definition) is 6. The average molecular weight is 331 g/mol. The van der Waals surface area contributed by atoms with E-state index in [2.05, 4.69) is 6.07 Å². The lowest BCUT2D eigenvalue weighted by atomic mass is 9.95. The minimum absolute atomic E-state index is 0.109. The lowest BCUT2D eigenvalue weighted by Crippen LogP contribution is -2.11. The Labute approximate surface area is 132 Å². The van der Waals surface area contributed by atoms with Crippen molar-refractivity contribution < 1.29 is 29.6 Å². The van der Waals surface area contributed by atoms with Crippen LogP contribution in [-0.2, 0) is 0 Å². The van der Waals surface area contributed by atoms with Gasteiger partial charge in [0.05, 0.1) is 9.85 Å². The first-order valence-electron chi connectivity index (χ1n) is 6.18. The number of carbonyl (C=O) groups is 2. The van der Waals surface area contributed by atoms with E-state index in [1.807, 2.05) is 0 Å². The van der Waals surface area contributed by atoms with Gasteiger partial charge in [0.1, 0.15) is 11.1 Å². The van der Waals surface area contributed by atoms with Crippen LogP contribution >= 0.6 is 0 Å². The van der Waals surface area contributed by atoms with E-state index in [9.17, 15) is 34.9 Å². The number of non-ortho nitro benzene ring substituents is 1. The van der Waals surface area contributed by atoms with E-state index in [1.54, 1.807) is 0 Å². The Bertz CT molecular complexity index is 873. The van der Waals surface area contributed by atoms with Gasteiger partial charge in [-0.3, -0.25) is 20.2 Å². The van der Waals surface area contributed by atoms with E-state index < -0.39 is 38.6 Å². The number of benzene rings is 2. The van der Waals surface area contributed by atoms with Crippen LogP contribution in [0.3, 0.4) is 0 Å². The molecule has 0 aliphatic carbocycles. The molecule has 2 rings (SSSR count). The first-order valence-corrected chi connectivity index (χ1v) is 6.18. The van der Waals surface area contributed by atoms with Gasteiger partial charge in [-0.15, -0.1) is 0 Å². The molecule has 1 radical (unpaired) electrons. The molecule has 0 aromatic heterocycles. The molecule has 0 aliphatic rings. The predicted molar refractivity (Wildman–Crippen MR) is 77.9 cm³/mol. The Balaban J connectivity index is 2.77. The van der Waals surface area contributed by atoms with Gasteiger partial charge in [0.25, 0.3) is 11.4 Å². The van der Waals surface area contributed by atoms with E-state index in [-0.39, 0.29) is 16.8 Å². The third kappa shape index (κ3) is 2.88. The second-order valence-corrected chi connectivity index (χ2v) is 4.47. The zero-order valence-electron chi connectivity index (χ0n) is 11.6. The third-order valence-corrected chi connectivity index (χ3v) is 3.10. The highest BCUT2D eigenvalue weighted by Gasteiger charge is 2.31. The van der Waals surface area contributed by atoms with E-state index in [1.165, 1.54) is 12.1 Å². The Hall–Kier alpha value is -3.82. The van der Waals surface area contributed by atoms with Crippen molar-refractivity contribution in [3.05, 3.63) is 67.8 Å². The Morgan fingerprint density at radius 2 is 1.54 bits per heavy atom. The highest BCUT2D eigenvalue weighted by Crippen LogP contribution is 2.34. The van der Waals surface area contributed by atoms with Crippen molar-refractivity contribution in [3.63, 3.8) is 0 Å². The van der Waals surface area contributed by atoms with Gasteiger partial charge < -0.3 is 10.2 Å². The van der Waals surface area contributed by atoms with Crippen molar-refractivity contribution in [2.45, 2.75) is 0 Å². The number of nitrogens with zero attached hydrogens (tertiary/aromatic N) is 2. The maximum atomic E-state index is 11.4. The van der Waals surface area contributed by atoms with E-state index in [0.717, 1.165) is 18.2 Å². The largest absolute Gasteiger partial charge is 0.477 e. The molecule has 0 bridgehead atoms. The monoisotopic (exact) mass is 331 g/mol. The van der Waals surface area contributed by atoms with Crippen molar-refractivity contribution in [3.8, 4) is 11.1 Å². The summed E-state index contributed by atoms with van der Waals surface area (Å²) in [6.45, 7) is 0. The van der Waals surface area contributed by atoms with Crippen molar-refractivity contribution in [2.24, 2.45) is 0 Å². The van der Waals surface area contributed by atoms with Crippen LogP contribution < -0.4 is 0 Å². The van der Waals surface area contributed by atoms with Crippen LogP contribution in [0.25, 0.3) is 11.1 Å². The molecule has 0 saturated carbocycles. The molecule has 2 aromatic carbocycles. The summed E-state index contributed by atoms with van der Waals surface area (Å²) in [5.41, 5.74) is -3.14. The maximum absolute atomic E-state index is 11.4. The summed E-state index contributed by atoms with van der Waals surface area (Å²) in [5, 5.41) is 40.1. The molecule has 10 nitrogen and oxygen atoms in total. The number of carboxylic acids is 2. The highest BCUT2D eigenvalue weighted by molar-refractivity contribution is 6.05. The third-order valence-electron chi connectivity index (χ3n) is 3.10. The van der Waals surface area contributed by atoms with Crippen molar-refractivity contribution in [1.29, 1.82) is 0 Å². The molecule has 0 fully saturated rings. The zero-order valence-corrected chi connectivity index (χ0v) is 11.6. The van der Waals surface area contributed by atoms with E-state index in [4.69, 9.17) is 5.11 Å². The zero-order chi connectivity index (χ0) is 18.0. The van der Waals surface area contributed by atoms with Crippen molar-refractivity contribution in [1.82, 2.24) is 0 Å². The molecule has 121 valence electrons. The summed E-state index contributed by atoms with van der Waals surface area (Å²) in [6, 6.07) is 7.76. The standard InChI is InChI=1S/C14H7N2O8/c17-13(18)10-6-5-9(11(14(19)20)12(10)16(23)24)7-1-3-8(4-2-7)15(21)22/h1-4,6H,(H,17,18)(H,19,20). The molecule has 24 heavy (non-hydrogen) atoms. The van der Waals surface area contributed by atoms with Gasteiger partial charge in [-0.05, 0) is 29.8 Å². The van der Waals surface area contributed by atoms with Crippen LogP contribution in [0.5, 0.6) is 0 Å². The Morgan fingerprint density at radius 1 is 0.958 bits per heavy atom. The van der Waals surface area contributed by atoms with Gasteiger partial charge >= 0.3 is 11.9 Å². The van der Waals surface area contributed by atoms with Crippen LogP contribution in [0.2, 0.25) is 0 Å². The van der Waals surface area contributed by atoms with Crippen LogP contribution in [-0.4, -0.2) is 32.0 Å². The molecule has 0 amide bonds. The fourth-order valence-corrected chi connectivity index (χ4v) is 2.08. The van der Waals surface area contributed by atoms with Crippen LogP contribution in [0, 0.1) is 26.3 Å². The fourth-order valence-electron chi connectivity index (χ4n) is 2.08. The first kappa shape index (κ1) is 16.5. The molecule has 2 aromatic rings. The van der Waals surface area contributed by atoms with Gasteiger partial charge in [0.15, 0.2) is 0 Å². The highest BCUT2D eigenvalue weighted by atomic mass is 16.6. The average Bonchev–Trinajstić information content (AvgIpc) is 2.53. The Kier molecular flexibility index (Phi) is 4.22. The van der Waals surface area contributed by atoms with Gasteiger partial charge in [-0.25, -0.2) is 9.59 Å². The summed E-state index contributed by atoms with van der Waals surface area (Å²) in [5.74, 6) is -3.38. The molecule has 0 atom stereocenters. The fraction of sp³-hybridized carbons (Fsp3) is 0. The van der Waals surface area contributed by atoms with Gasteiger partial charge in [-0.2, -0.15) is 0 Å². The molecule has 10 heteroatoms. The number of hydrogen-bond donors (Lipinski definition) is 2. The van der Waals surface area contributed by atoms with Crippen molar-refractivity contribution >= 4 is 23.3 Å². The summed E-state index contributed by atoms with van der Waals surface area (Å²) >= 11 is 0. The second-order valence-electron chi connectivity index (χ2n) is 4.47. The van der Waals surface area contributed by atoms with Crippen molar-refractivity contribution in [2.75, 3.05) is 0 Å². The smallest absolute Gasteiger partial charge is 0.343 e. The summed E-state index contributed by atoms with van der Waals surface area (Å²) in [4.78, 5) is 42.5. The molecular weight excluding hydrogens is 324 g/mol. The Morgan fingerprint density at radius 3 is 1.96 bits per heavy atom. The molecule has 0 unspecified atom stereocenters. The number of carboxylic acid groups (broad SMARTS) is 2. The number of nitro benzene ring substituents is 2. The van der Waals surface area contributed by atoms with Gasteiger partial charge in [0.2, 0.25) is 0 Å². The minimum atomic E-state index is -1.71. The first-order chi connectivity index (χ1) is 11.2. The molecule has 2 N–H and O–H groups in total. The molecule has 0 aliphatic heterocycles. The van der Waals surface area contributed by atoms with Crippen LogP contribution in [0.15, 0.2) is 30.3 Å². The van der Waals surface area contributed by atoms with Gasteiger partial charge in [-0.1, -0.05) is 0 Å². The number of aromatic carboxylic acids is 2. The maximum Gasteiger partial charge on any atom is 0.343 e. The van der Waals surface area contributed by atoms with Crippen LogP contribution in [0.1, 0.15) is 20.7 Å². The van der Waals surface area contributed by atoms with E-state index >= 15 is 0 Å². The predicted octanol–water partition coefficient (Wildman–Crippen LogP) is 2.37. The normalized spacial score (nSPS) is 10.2. The quantitative estimate of drug-likeness (QED) is 0.623. The molecule has 0 spiro atoms. The number of rotatable bonds is 5.